The third-order valence-corrected chi connectivity index (χ3v) is 3.11. The molecule has 3 nitrogen and oxygen atoms in total. The van der Waals surface area contributed by atoms with E-state index in [-0.39, 0.29) is 0 Å². The molecule has 0 unspecified atom stereocenters. The van der Waals surface area contributed by atoms with Crippen LogP contribution in [0.2, 0.25) is 0 Å². The summed E-state index contributed by atoms with van der Waals surface area (Å²) in [5.74, 6) is 0.900. The molecule has 0 spiro atoms. The van der Waals surface area contributed by atoms with E-state index in [0.29, 0.717) is 0 Å². The Balaban J connectivity index is 2.47. The fourth-order valence-corrected chi connectivity index (χ4v) is 2.20. The number of ether oxygens (including phenoxy) is 1. The van der Waals surface area contributed by atoms with Crippen LogP contribution < -0.4 is 4.74 Å². The first-order chi connectivity index (χ1) is 7.22. The lowest BCUT2D eigenvalue weighted by atomic mass is 10.1. The van der Waals surface area contributed by atoms with Gasteiger partial charge in [-0.2, -0.15) is 5.10 Å². The Morgan fingerprint density at radius 1 is 1.40 bits per heavy atom. The van der Waals surface area contributed by atoms with E-state index in [1.165, 1.54) is 0 Å². The van der Waals surface area contributed by atoms with E-state index < -0.39 is 0 Å². The van der Waals surface area contributed by atoms with Crippen molar-refractivity contribution < 1.29 is 4.74 Å². The summed E-state index contributed by atoms with van der Waals surface area (Å²) >= 11 is 2.26. The molecule has 1 aromatic heterocycles. The minimum absolute atomic E-state index is 0.900. The fraction of sp³-hybridized carbons (Fsp3) is 0.182. The van der Waals surface area contributed by atoms with Crippen LogP contribution in [-0.2, 0) is 0 Å². The van der Waals surface area contributed by atoms with Gasteiger partial charge in [0.15, 0.2) is 0 Å². The van der Waals surface area contributed by atoms with Crippen molar-refractivity contribution in [3.8, 4) is 17.0 Å². The van der Waals surface area contributed by atoms with Crippen LogP contribution in [0, 0.1) is 10.5 Å². The number of hydrogen-bond acceptors (Lipinski definition) is 2. The standard InChI is InChI=1S/C11H11IN2O/c1-7-6-13-14-11(7)8-3-4-10(15-2)9(12)5-8/h3-6H,1-2H3,(H,13,14). The molecule has 1 aromatic carbocycles. The maximum absolute atomic E-state index is 5.21. The number of nitrogens with zero attached hydrogens (tertiary/aromatic N) is 1. The normalized spacial score (nSPS) is 10.3. The lowest BCUT2D eigenvalue weighted by molar-refractivity contribution is 0.412. The zero-order valence-corrected chi connectivity index (χ0v) is 10.7. The molecule has 1 heterocycles. The van der Waals surface area contributed by atoms with E-state index in [1.54, 1.807) is 7.11 Å². The predicted octanol–water partition coefficient (Wildman–Crippen LogP) is 3.00. The summed E-state index contributed by atoms with van der Waals surface area (Å²) in [5, 5.41) is 7.00. The molecule has 4 heteroatoms. The summed E-state index contributed by atoms with van der Waals surface area (Å²) in [5.41, 5.74) is 3.35. The van der Waals surface area contributed by atoms with Crippen LogP contribution in [0.4, 0.5) is 0 Å². The lowest BCUT2D eigenvalue weighted by Gasteiger charge is -2.05. The number of methoxy groups -OCH3 is 1. The molecule has 0 bridgehead atoms. The van der Waals surface area contributed by atoms with Crippen molar-refractivity contribution in [2.45, 2.75) is 6.92 Å². The van der Waals surface area contributed by atoms with Crippen molar-refractivity contribution in [3.05, 3.63) is 33.5 Å². The molecule has 15 heavy (non-hydrogen) atoms. The highest BCUT2D eigenvalue weighted by atomic mass is 127. The first kappa shape index (κ1) is 10.5. The molecule has 0 fully saturated rings. The Bertz CT molecular complexity index is 479. The molecule has 0 atom stereocenters. The van der Waals surface area contributed by atoms with E-state index >= 15 is 0 Å². The summed E-state index contributed by atoms with van der Waals surface area (Å²) in [6.45, 7) is 2.04. The minimum atomic E-state index is 0.900. The Kier molecular flexibility index (Phi) is 2.95. The molecular formula is C11H11IN2O. The maximum Gasteiger partial charge on any atom is 0.132 e. The van der Waals surface area contributed by atoms with Crippen LogP contribution in [0.3, 0.4) is 0 Å². The highest BCUT2D eigenvalue weighted by Gasteiger charge is 2.06. The van der Waals surface area contributed by atoms with Gasteiger partial charge >= 0.3 is 0 Å². The number of halogens is 1. The highest BCUT2D eigenvalue weighted by molar-refractivity contribution is 14.1. The number of aromatic nitrogens is 2. The van der Waals surface area contributed by atoms with Crippen LogP contribution in [0.5, 0.6) is 5.75 Å². The third kappa shape index (κ3) is 1.99. The molecule has 0 amide bonds. The van der Waals surface area contributed by atoms with Crippen molar-refractivity contribution in [2.24, 2.45) is 0 Å². The van der Waals surface area contributed by atoms with Gasteiger partial charge < -0.3 is 4.74 Å². The van der Waals surface area contributed by atoms with Gasteiger partial charge in [-0.25, -0.2) is 0 Å². The SMILES string of the molecule is COc1ccc(-c2[nH]ncc2C)cc1I. The number of hydrogen-bond donors (Lipinski definition) is 1. The predicted molar refractivity (Wildman–Crippen MR) is 68.0 cm³/mol. The second kappa shape index (κ2) is 4.22. The van der Waals surface area contributed by atoms with Gasteiger partial charge in [-0.15, -0.1) is 0 Å². The molecular weight excluding hydrogens is 303 g/mol. The summed E-state index contributed by atoms with van der Waals surface area (Å²) in [4.78, 5) is 0. The molecule has 2 aromatic rings. The van der Waals surface area contributed by atoms with Gasteiger partial charge in [0.1, 0.15) is 5.75 Å². The summed E-state index contributed by atoms with van der Waals surface area (Å²) in [7, 11) is 1.68. The fourth-order valence-electron chi connectivity index (χ4n) is 1.46. The Morgan fingerprint density at radius 2 is 2.20 bits per heavy atom. The largest absolute Gasteiger partial charge is 0.496 e. The number of H-pyrrole nitrogens is 1. The van der Waals surface area contributed by atoms with E-state index in [1.807, 2.05) is 25.3 Å². The smallest absolute Gasteiger partial charge is 0.132 e. The van der Waals surface area contributed by atoms with Crippen molar-refractivity contribution in [3.63, 3.8) is 0 Å². The van der Waals surface area contributed by atoms with Crippen molar-refractivity contribution in [1.82, 2.24) is 10.2 Å². The van der Waals surface area contributed by atoms with Crippen LogP contribution in [0.25, 0.3) is 11.3 Å². The number of nitrogens with one attached hydrogen (secondary N) is 1. The average molecular weight is 314 g/mol. The molecule has 0 aliphatic heterocycles. The van der Waals surface area contributed by atoms with Crippen LogP contribution in [0.15, 0.2) is 24.4 Å². The number of rotatable bonds is 2. The monoisotopic (exact) mass is 314 g/mol. The van der Waals surface area contributed by atoms with E-state index in [0.717, 1.165) is 26.1 Å². The van der Waals surface area contributed by atoms with Gasteiger partial charge in [0, 0.05) is 5.56 Å². The minimum Gasteiger partial charge on any atom is -0.496 e. The topological polar surface area (TPSA) is 37.9 Å². The summed E-state index contributed by atoms with van der Waals surface area (Å²) in [6, 6.07) is 6.08. The van der Waals surface area contributed by atoms with Crippen LogP contribution in [0.1, 0.15) is 5.56 Å². The highest BCUT2D eigenvalue weighted by Crippen LogP contribution is 2.27. The Hall–Kier alpha value is -1.04. The van der Waals surface area contributed by atoms with Crippen LogP contribution in [-0.4, -0.2) is 17.3 Å². The molecule has 0 aliphatic rings. The molecule has 0 saturated heterocycles. The van der Waals surface area contributed by atoms with E-state index in [4.69, 9.17) is 4.74 Å². The molecule has 1 N–H and O–H groups in total. The Morgan fingerprint density at radius 3 is 2.73 bits per heavy atom. The molecule has 0 radical (unpaired) electrons. The quantitative estimate of drug-likeness (QED) is 0.866. The first-order valence-corrected chi connectivity index (χ1v) is 5.64. The summed E-state index contributed by atoms with van der Waals surface area (Å²) in [6.07, 6.45) is 1.83. The number of benzene rings is 1. The van der Waals surface area contributed by atoms with Gasteiger partial charge in [0.2, 0.25) is 0 Å². The molecule has 78 valence electrons. The molecule has 0 aliphatic carbocycles. The van der Waals surface area contributed by atoms with Gasteiger partial charge in [-0.3, -0.25) is 5.10 Å². The number of aryl methyl sites for hydroxylation is 1. The zero-order valence-electron chi connectivity index (χ0n) is 8.54. The van der Waals surface area contributed by atoms with Gasteiger partial charge in [-0.05, 0) is 53.3 Å². The van der Waals surface area contributed by atoms with E-state index in [9.17, 15) is 0 Å². The van der Waals surface area contributed by atoms with Crippen molar-refractivity contribution in [1.29, 1.82) is 0 Å². The van der Waals surface area contributed by atoms with Gasteiger partial charge in [0.25, 0.3) is 0 Å². The van der Waals surface area contributed by atoms with Crippen molar-refractivity contribution >= 4 is 22.6 Å². The third-order valence-electron chi connectivity index (χ3n) is 2.27. The second-order valence-corrected chi connectivity index (χ2v) is 4.44. The molecule has 0 saturated carbocycles. The van der Waals surface area contributed by atoms with Gasteiger partial charge in [-0.1, -0.05) is 0 Å². The molecule has 2 rings (SSSR count). The summed E-state index contributed by atoms with van der Waals surface area (Å²) < 4.78 is 6.31. The zero-order chi connectivity index (χ0) is 10.8. The second-order valence-electron chi connectivity index (χ2n) is 3.28. The van der Waals surface area contributed by atoms with E-state index in [2.05, 4.69) is 38.9 Å². The lowest BCUT2D eigenvalue weighted by Crippen LogP contribution is -1.88. The number of aromatic amines is 1. The average Bonchev–Trinajstić information content (AvgIpc) is 2.64. The first-order valence-electron chi connectivity index (χ1n) is 4.56. The van der Waals surface area contributed by atoms with Gasteiger partial charge in [0.05, 0.1) is 22.6 Å². The Labute approximate surface area is 102 Å². The van der Waals surface area contributed by atoms with Crippen molar-refractivity contribution in [2.75, 3.05) is 7.11 Å². The van der Waals surface area contributed by atoms with Crippen LogP contribution >= 0.6 is 22.6 Å². The maximum atomic E-state index is 5.21.